The number of likely N-dealkylation sites (tertiary alicyclic amines) is 1. The van der Waals surface area contributed by atoms with Gasteiger partial charge in [0.2, 0.25) is 0 Å². The zero-order valence-corrected chi connectivity index (χ0v) is 17.4. The molecule has 1 aliphatic rings. The third kappa shape index (κ3) is 6.69. The van der Waals surface area contributed by atoms with E-state index in [-0.39, 0.29) is 12.1 Å². The summed E-state index contributed by atoms with van der Waals surface area (Å²) in [6.07, 6.45) is 1.40. The number of rotatable bonds is 7. The SMILES string of the molecule is CCOC(=O)N1CCC(NC(N)=NCc2ccc(OCc3ccccc3)cc2)CC1. The number of carbonyl (C=O) groups excluding carboxylic acids is 1. The fourth-order valence-corrected chi connectivity index (χ4v) is 3.28. The zero-order valence-electron chi connectivity index (χ0n) is 17.4. The van der Waals surface area contributed by atoms with Gasteiger partial charge in [0, 0.05) is 19.1 Å². The van der Waals surface area contributed by atoms with E-state index in [0.717, 1.165) is 29.7 Å². The average molecular weight is 411 g/mol. The molecule has 0 aliphatic carbocycles. The molecule has 1 amide bonds. The molecule has 0 aromatic heterocycles. The van der Waals surface area contributed by atoms with Gasteiger partial charge in [0.1, 0.15) is 12.4 Å². The van der Waals surface area contributed by atoms with E-state index in [9.17, 15) is 4.79 Å². The van der Waals surface area contributed by atoms with Gasteiger partial charge >= 0.3 is 6.09 Å². The molecule has 0 radical (unpaired) electrons. The van der Waals surface area contributed by atoms with Crippen molar-refractivity contribution in [1.82, 2.24) is 10.2 Å². The van der Waals surface area contributed by atoms with E-state index >= 15 is 0 Å². The summed E-state index contributed by atoms with van der Waals surface area (Å²) in [7, 11) is 0. The summed E-state index contributed by atoms with van der Waals surface area (Å²) in [5, 5.41) is 3.25. The van der Waals surface area contributed by atoms with Crippen LogP contribution in [-0.2, 0) is 17.9 Å². The summed E-state index contributed by atoms with van der Waals surface area (Å²) in [4.78, 5) is 17.9. The Balaban J connectivity index is 1.40. The number of benzene rings is 2. The lowest BCUT2D eigenvalue weighted by molar-refractivity contribution is 0.0963. The largest absolute Gasteiger partial charge is 0.489 e. The van der Waals surface area contributed by atoms with Crippen LogP contribution in [0.25, 0.3) is 0 Å². The van der Waals surface area contributed by atoms with E-state index < -0.39 is 0 Å². The summed E-state index contributed by atoms with van der Waals surface area (Å²) < 4.78 is 10.8. The Kier molecular flexibility index (Phi) is 7.94. The summed E-state index contributed by atoms with van der Waals surface area (Å²) >= 11 is 0. The van der Waals surface area contributed by atoms with Crippen molar-refractivity contribution >= 4 is 12.1 Å². The van der Waals surface area contributed by atoms with Gasteiger partial charge in [-0.3, -0.25) is 0 Å². The number of carbonyl (C=O) groups is 1. The van der Waals surface area contributed by atoms with Crippen molar-refractivity contribution in [2.24, 2.45) is 10.7 Å². The van der Waals surface area contributed by atoms with E-state index in [1.807, 2.05) is 61.5 Å². The fourth-order valence-electron chi connectivity index (χ4n) is 3.28. The fraction of sp³-hybridized carbons (Fsp3) is 0.391. The van der Waals surface area contributed by atoms with Gasteiger partial charge in [-0.15, -0.1) is 0 Å². The molecule has 7 nitrogen and oxygen atoms in total. The highest BCUT2D eigenvalue weighted by atomic mass is 16.6. The molecule has 3 rings (SSSR count). The van der Waals surface area contributed by atoms with Gasteiger partial charge in [-0.25, -0.2) is 9.79 Å². The smallest absolute Gasteiger partial charge is 0.409 e. The molecule has 1 heterocycles. The minimum Gasteiger partial charge on any atom is -0.489 e. The van der Waals surface area contributed by atoms with Gasteiger partial charge < -0.3 is 25.4 Å². The molecular formula is C23H30N4O3. The number of nitrogens with one attached hydrogen (secondary N) is 1. The number of piperidine rings is 1. The number of hydrogen-bond donors (Lipinski definition) is 2. The predicted molar refractivity (Wildman–Crippen MR) is 117 cm³/mol. The lowest BCUT2D eigenvalue weighted by Crippen LogP contribution is -2.48. The molecule has 2 aromatic carbocycles. The van der Waals surface area contributed by atoms with Crippen LogP contribution in [0.3, 0.4) is 0 Å². The Hall–Kier alpha value is -3.22. The molecule has 3 N–H and O–H groups in total. The molecule has 0 spiro atoms. The molecule has 0 saturated carbocycles. The maximum absolute atomic E-state index is 11.7. The van der Waals surface area contributed by atoms with E-state index in [1.165, 1.54) is 0 Å². The van der Waals surface area contributed by atoms with Gasteiger partial charge in [-0.05, 0) is 43.0 Å². The Bertz CT molecular complexity index is 816. The lowest BCUT2D eigenvalue weighted by atomic mass is 10.1. The van der Waals surface area contributed by atoms with Crippen molar-refractivity contribution in [2.75, 3.05) is 19.7 Å². The molecule has 1 aliphatic heterocycles. The number of hydrogen-bond acceptors (Lipinski definition) is 4. The first-order valence-electron chi connectivity index (χ1n) is 10.4. The first kappa shape index (κ1) is 21.5. The molecule has 0 atom stereocenters. The second-order valence-electron chi connectivity index (χ2n) is 7.22. The Morgan fingerprint density at radius 1 is 1.10 bits per heavy atom. The third-order valence-electron chi connectivity index (χ3n) is 4.98. The van der Waals surface area contributed by atoms with Crippen molar-refractivity contribution in [3.8, 4) is 5.75 Å². The lowest BCUT2D eigenvalue weighted by Gasteiger charge is -2.31. The van der Waals surface area contributed by atoms with Crippen molar-refractivity contribution in [3.05, 3.63) is 65.7 Å². The Morgan fingerprint density at radius 3 is 2.47 bits per heavy atom. The highest BCUT2D eigenvalue weighted by Crippen LogP contribution is 2.15. The van der Waals surface area contributed by atoms with Crippen molar-refractivity contribution in [2.45, 2.75) is 39.0 Å². The number of amides is 1. The number of aliphatic imine (C=N–C) groups is 1. The summed E-state index contributed by atoms with van der Waals surface area (Å²) in [6.45, 7) is 4.58. The minimum atomic E-state index is -0.242. The molecule has 0 bridgehead atoms. The number of guanidine groups is 1. The monoisotopic (exact) mass is 410 g/mol. The second kappa shape index (κ2) is 11.1. The summed E-state index contributed by atoms with van der Waals surface area (Å²) in [6, 6.07) is 18.2. The summed E-state index contributed by atoms with van der Waals surface area (Å²) in [5.41, 5.74) is 8.24. The zero-order chi connectivity index (χ0) is 21.2. The minimum absolute atomic E-state index is 0.216. The maximum Gasteiger partial charge on any atom is 0.409 e. The van der Waals surface area contributed by atoms with Gasteiger partial charge in [0.25, 0.3) is 0 Å². The van der Waals surface area contributed by atoms with E-state index in [4.69, 9.17) is 15.2 Å². The molecular weight excluding hydrogens is 380 g/mol. The van der Waals surface area contributed by atoms with Gasteiger partial charge in [-0.2, -0.15) is 0 Å². The topological polar surface area (TPSA) is 89.2 Å². The van der Waals surface area contributed by atoms with Crippen LogP contribution in [0.2, 0.25) is 0 Å². The standard InChI is InChI=1S/C23H30N4O3/c1-2-29-23(28)27-14-12-20(13-15-27)26-22(24)25-16-18-8-10-21(11-9-18)30-17-19-6-4-3-5-7-19/h3-11,20H,2,12-17H2,1H3,(H3,24,25,26). The van der Waals surface area contributed by atoms with Crippen LogP contribution in [0, 0.1) is 0 Å². The van der Waals surface area contributed by atoms with Crippen LogP contribution >= 0.6 is 0 Å². The van der Waals surface area contributed by atoms with Crippen molar-refractivity contribution in [3.63, 3.8) is 0 Å². The summed E-state index contributed by atoms with van der Waals surface area (Å²) in [5.74, 6) is 1.25. The van der Waals surface area contributed by atoms with E-state index in [2.05, 4.69) is 10.3 Å². The Morgan fingerprint density at radius 2 is 1.80 bits per heavy atom. The average Bonchev–Trinajstić information content (AvgIpc) is 2.78. The molecule has 0 unspecified atom stereocenters. The molecule has 160 valence electrons. The molecule has 30 heavy (non-hydrogen) atoms. The predicted octanol–water partition coefficient (Wildman–Crippen LogP) is 3.29. The van der Waals surface area contributed by atoms with Crippen LogP contribution in [0.4, 0.5) is 4.79 Å². The first-order valence-corrected chi connectivity index (χ1v) is 10.4. The quantitative estimate of drug-likeness (QED) is 0.540. The van der Waals surface area contributed by atoms with Gasteiger partial charge in [-0.1, -0.05) is 42.5 Å². The number of nitrogens with zero attached hydrogens (tertiary/aromatic N) is 2. The van der Waals surface area contributed by atoms with Crippen molar-refractivity contribution < 1.29 is 14.3 Å². The van der Waals surface area contributed by atoms with E-state index in [0.29, 0.717) is 38.8 Å². The molecule has 7 heteroatoms. The second-order valence-corrected chi connectivity index (χ2v) is 7.22. The normalized spacial score (nSPS) is 15.0. The van der Waals surface area contributed by atoms with E-state index in [1.54, 1.807) is 4.90 Å². The van der Waals surface area contributed by atoms with Crippen LogP contribution in [0.5, 0.6) is 5.75 Å². The number of ether oxygens (including phenoxy) is 2. The van der Waals surface area contributed by atoms with Crippen LogP contribution in [-0.4, -0.2) is 42.7 Å². The van der Waals surface area contributed by atoms with Gasteiger partial charge in [0.05, 0.1) is 13.2 Å². The van der Waals surface area contributed by atoms with Crippen LogP contribution in [0.1, 0.15) is 30.9 Å². The highest BCUT2D eigenvalue weighted by Gasteiger charge is 2.23. The first-order chi connectivity index (χ1) is 14.6. The van der Waals surface area contributed by atoms with Crippen molar-refractivity contribution in [1.29, 1.82) is 0 Å². The van der Waals surface area contributed by atoms with Crippen LogP contribution < -0.4 is 15.8 Å². The Labute approximate surface area is 177 Å². The highest BCUT2D eigenvalue weighted by molar-refractivity contribution is 5.78. The third-order valence-corrected chi connectivity index (χ3v) is 4.98. The molecule has 2 aromatic rings. The number of nitrogens with two attached hydrogens (primary N) is 1. The van der Waals surface area contributed by atoms with Crippen LogP contribution in [0.15, 0.2) is 59.6 Å². The van der Waals surface area contributed by atoms with Gasteiger partial charge in [0.15, 0.2) is 5.96 Å². The maximum atomic E-state index is 11.7. The molecule has 1 fully saturated rings. The molecule has 1 saturated heterocycles.